The van der Waals surface area contributed by atoms with Gasteiger partial charge in [-0.1, -0.05) is 5.10 Å². The van der Waals surface area contributed by atoms with Gasteiger partial charge in [0.25, 0.3) is 0 Å². The average Bonchev–Trinajstić information content (AvgIpc) is 2.55. The fourth-order valence-electron chi connectivity index (χ4n) is 1.72. The highest BCUT2D eigenvalue weighted by molar-refractivity contribution is 7.99. The van der Waals surface area contributed by atoms with Crippen molar-refractivity contribution in [3.8, 4) is 0 Å². The van der Waals surface area contributed by atoms with Crippen LogP contribution in [0.5, 0.6) is 0 Å². The molecule has 1 aromatic rings. The van der Waals surface area contributed by atoms with Crippen LogP contribution < -0.4 is 0 Å². The van der Waals surface area contributed by atoms with Gasteiger partial charge < -0.3 is 10.1 Å². The van der Waals surface area contributed by atoms with E-state index in [1.807, 2.05) is 11.8 Å². The van der Waals surface area contributed by atoms with E-state index in [1.165, 1.54) is 22.7 Å². The monoisotopic (exact) mass is 242 g/mol. The van der Waals surface area contributed by atoms with Gasteiger partial charge in [0.15, 0.2) is 6.67 Å². The highest BCUT2D eigenvalue weighted by Crippen LogP contribution is 2.14. The molecular weight excluding hydrogens is 228 g/mol. The molecule has 0 atom stereocenters. The van der Waals surface area contributed by atoms with Crippen LogP contribution in [0, 0.1) is 10.1 Å². The highest BCUT2D eigenvalue weighted by atomic mass is 32.2. The van der Waals surface area contributed by atoms with Gasteiger partial charge in [0.05, 0.1) is 12.3 Å². The van der Waals surface area contributed by atoms with Gasteiger partial charge in [-0.2, -0.15) is 11.8 Å². The maximum atomic E-state index is 10.7. The van der Waals surface area contributed by atoms with Crippen LogP contribution in [0.1, 0.15) is 6.42 Å². The Labute approximate surface area is 97.8 Å². The van der Waals surface area contributed by atoms with E-state index in [-0.39, 0.29) is 10.7 Å². The molecule has 88 valence electrons. The van der Waals surface area contributed by atoms with E-state index in [1.54, 1.807) is 0 Å². The SMILES string of the molecule is O=[N+]([O-])c1ccnn1CN1CCCSCC1. The van der Waals surface area contributed by atoms with E-state index in [4.69, 9.17) is 0 Å². The predicted molar refractivity (Wildman–Crippen MR) is 62.4 cm³/mol. The van der Waals surface area contributed by atoms with Crippen molar-refractivity contribution < 1.29 is 4.92 Å². The van der Waals surface area contributed by atoms with E-state index in [0.29, 0.717) is 6.67 Å². The molecule has 1 fully saturated rings. The topological polar surface area (TPSA) is 64.2 Å². The van der Waals surface area contributed by atoms with Crippen molar-refractivity contribution in [3.63, 3.8) is 0 Å². The van der Waals surface area contributed by atoms with Gasteiger partial charge in [-0.15, -0.1) is 4.68 Å². The Morgan fingerprint density at radius 3 is 3.19 bits per heavy atom. The third-order valence-corrected chi connectivity index (χ3v) is 3.58. The maximum absolute atomic E-state index is 10.7. The Hall–Kier alpha value is -1.08. The Morgan fingerprint density at radius 1 is 1.50 bits per heavy atom. The Balaban J connectivity index is 2.01. The molecule has 2 rings (SSSR count). The van der Waals surface area contributed by atoms with Crippen molar-refractivity contribution in [3.05, 3.63) is 22.4 Å². The summed E-state index contributed by atoms with van der Waals surface area (Å²) in [6.45, 7) is 2.48. The summed E-state index contributed by atoms with van der Waals surface area (Å²) in [5, 5.41) is 14.7. The van der Waals surface area contributed by atoms with Crippen LogP contribution in [-0.4, -0.2) is 44.2 Å². The molecule has 1 aromatic heterocycles. The lowest BCUT2D eigenvalue weighted by molar-refractivity contribution is -0.393. The molecule has 0 aromatic carbocycles. The zero-order valence-corrected chi connectivity index (χ0v) is 9.73. The van der Waals surface area contributed by atoms with Gasteiger partial charge in [0.2, 0.25) is 0 Å². The summed E-state index contributed by atoms with van der Waals surface area (Å²) in [6.07, 6.45) is 2.62. The van der Waals surface area contributed by atoms with Crippen LogP contribution in [0.4, 0.5) is 5.82 Å². The molecule has 1 aliphatic heterocycles. The molecule has 0 aliphatic carbocycles. The standard InChI is InChI=1S/C9H14N4O2S/c14-13(15)9-2-3-10-12(9)8-11-4-1-6-16-7-5-11/h2-3H,1,4-8H2. The lowest BCUT2D eigenvalue weighted by Gasteiger charge is -2.16. The molecule has 0 bridgehead atoms. The quantitative estimate of drug-likeness (QED) is 0.588. The second-order valence-electron chi connectivity index (χ2n) is 3.67. The van der Waals surface area contributed by atoms with Crippen LogP contribution in [0.3, 0.4) is 0 Å². The van der Waals surface area contributed by atoms with Crippen molar-refractivity contribution in [2.75, 3.05) is 24.6 Å². The second kappa shape index (κ2) is 5.31. The van der Waals surface area contributed by atoms with Crippen molar-refractivity contribution in [2.45, 2.75) is 13.1 Å². The van der Waals surface area contributed by atoms with E-state index in [2.05, 4.69) is 10.00 Å². The summed E-state index contributed by atoms with van der Waals surface area (Å²) in [6, 6.07) is 1.44. The number of thioether (sulfide) groups is 1. The van der Waals surface area contributed by atoms with Crippen molar-refractivity contribution in [1.82, 2.24) is 14.7 Å². The minimum absolute atomic E-state index is 0.0666. The van der Waals surface area contributed by atoms with Crippen LogP contribution in [-0.2, 0) is 6.67 Å². The van der Waals surface area contributed by atoms with Gasteiger partial charge in [-0.3, -0.25) is 4.90 Å². The van der Waals surface area contributed by atoms with Gasteiger partial charge in [-0.05, 0) is 17.1 Å². The van der Waals surface area contributed by atoms with Crippen LogP contribution in [0.25, 0.3) is 0 Å². The molecule has 1 saturated heterocycles. The van der Waals surface area contributed by atoms with E-state index < -0.39 is 0 Å². The maximum Gasteiger partial charge on any atom is 0.346 e. The number of aromatic nitrogens is 2. The molecule has 0 saturated carbocycles. The smallest absolute Gasteiger partial charge is 0.346 e. The zero-order valence-electron chi connectivity index (χ0n) is 8.91. The number of rotatable bonds is 3. The third kappa shape index (κ3) is 2.73. The third-order valence-electron chi connectivity index (χ3n) is 2.53. The molecule has 6 nitrogen and oxygen atoms in total. The zero-order chi connectivity index (χ0) is 11.4. The van der Waals surface area contributed by atoms with Gasteiger partial charge in [-0.25, -0.2) is 0 Å². The molecule has 2 heterocycles. The first-order valence-electron chi connectivity index (χ1n) is 5.23. The second-order valence-corrected chi connectivity index (χ2v) is 4.90. The van der Waals surface area contributed by atoms with Crippen molar-refractivity contribution in [2.24, 2.45) is 0 Å². The first kappa shape index (κ1) is 11.4. The fourth-order valence-corrected chi connectivity index (χ4v) is 2.64. The number of nitro groups is 1. The first-order chi connectivity index (χ1) is 7.77. The van der Waals surface area contributed by atoms with E-state index in [9.17, 15) is 10.1 Å². The molecular formula is C9H14N4O2S. The molecule has 0 spiro atoms. The summed E-state index contributed by atoms with van der Waals surface area (Å²) in [4.78, 5) is 12.5. The summed E-state index contributed by atoms with van der Waals surface area (Å²) >= 11 is 1.94. The first-order valence-corrected chi connectivity index (χ1v) is 6.39. The van der Waals surface area contributed by atoms with Gasteiger partial charge in [0, 0.05) is 18.8 Å². The van der Waals surface area contributed by atoms with E-state index >= 15 is 0 Å². The summed E-state index contributed by atoms with van der Waals surface area (Å²) in [5.41, 5.74) is 0. The van der Waals surface area contributed by atoms with Crippen molar-refractivity contribution in [1.29, 1.82) is 0 Å². The van der Waals surface area contributed by atoms with Gasteiger partial charge >= 0.3 is 5.82 Å². The molecule has 0 radical (unpaired) electrons. The summed E-state index contributed by atoms with van der Waals surface area (Å²) in [5.74, 6) is 2.34. The minimum atomic E-state index is -0.389. The Bertz CT molecular complexity index is 360. The number of hydrogen-bond donors (Lipinski definition) is 0. The fraction of sp³-hybridized carbons (Fsp3) is 0.667. The largest absolute Gasteiger partial charge is 0.358 e. The molecule has 0 N–H and O–H groups in total. The molecule has 16 heavy (non-hydrogen) atoms. The molecule has 7 heteroatoms. The molecule has 1 aliphatic rings. The summed E-state index contributed by atoms with van der Waals surface area (Å²) in [7, 11) is 0. The Kier molecular flexibility index (Phi) is 3.79. The summed E-state index contributed by atoms with van der Waals surface area (Å²) < 4.78 is 1.45. The van der Waals surface area contributed by atoms with Gasteiger partial charge in [0.1, 0.15) is 0 Å². The van der Waals surface area contributed by atoms with E-state index in [0.717, 1.165) is 25.3 Å². The minimum Gasteiger partial charge on any atom is -0.358 e. The number of nitrogens with zero attached hydrogens (tertiary/aromatic N) is 4. The normalized spacial score (nSPS) is 18.2. The Morgan fingerprint density at radius 2 is 2.38 bits per heavy atom. The molecule has 0 unspecified atom stereocenters. The van der Waals surface area contributed by atoms with Crippen LogP contribution >= 0.6 is 11.8 Å². The average molecular weight is 242 g/mol. The molecule has 0 amide bonds. The highest BCUT2D eigenvalue weighted by Gasteiger charge is 2.18. The van der Waals surface area contributed by atoms with Crippen molar-refractivity contribution >= 4 is 17.6 Å². The lowest BCUT2D eigenvalue weighted by atomic mass is 10.4. The van der Waals surface area contributed by atoms with Crippen LogP contribution in [0.15, 0.2) is 12.3 Å². The van der Waals surface area contributed by atoms with Crippen LogP contribution in [0.2, 0.25) is 0 Å². The predicted octanol–water partition coefficient (Wildman–Crippen LogP) is 1.19. The lowest BCUT2D eigenvalue weighted by Crippen LogP contribution is -2.29. The number of hydrogen-bond acceptors (Lipinski definition) is 5.